The van der Waals surface area contributed by atoms with Gasteiger partial charge in [-0.15, -0.1) is 0 Å². The van der Waals surface area contributed by atoms with Crippen LogP contribution in [-0.4, -0.2) is 90.9 Å². The summed E-state index contributed by atoms with van der Waals surface area (Å²) in [7, 11) is 0. The van der Waals surface area contributed by atoms with Crippen LogP contribution < -0.4 is 9.47 Å². The van der Waals surface area contributed by atoms with Crippen LogP contribution in [-0.2, 0) is 20.6 Å². The number of rotatable bonds is 12. The molecule has 3 aliphatic carbocycles. The van der Waals surface area contributed by atoms with E-state index in [0.29, 0.717) is 26.2 Å². The summed E-state index contributed by atoms with van der Waals surface area (Å²) in [5, 5.41) is 20.0. The molecule has 5 atom stereocenters. The van der Waals surface area contributed by atoms with Gasteiger partial charge in [-0.05, 0) is 56.2 Å². The van der Waals surface area contributed by atoms with E-state index in [0.717, 1.165) is 61.8 Å². The van der Waals surface area contributed by atoms with Crippen LogP contribution in [0.4, 0.5) is 0 Å². The maximum Gasteiger partial charge on any atom is 0.206 e. The smallest absolute Gasteiger partial charge is 0.206 e. The second-order valence-corrected chi connectivity index (χ2v) is 11.5. The van der Waals surface area contributed by atoms with Gasteiger partial charge in [-0.3, -0.25) is 4.90 Å². The van der Waals surface area contributed by atoms with Gasteiger partial charge in [0.25, 0.3) is 0 Å². The lowest BCUT2D eigenvalue weighted by Gasteiger charge is -2.57. The van der Waals surface area contributed by atoms with Gasteiger partial charge in [-0.25, -0.2) is 0 Å². The third kappa shape index (κ3) is 4.38. The number of unbranched alkanes of at least 4 members (excludes halogenated alkanes) is 1. The molecule has 0 amide bonds. The molecule has 37 heavy (non-hydrogen) atoms. The van der Waals surface area contributed by atoms with Crippen LogP contribution in [0, 0.1) is 5.92 Å². The topological polar surface area (TPSA) is 89.9 Å². The summed E-state index contributed by atoms with van der Waals surface area (Å²) in [5.74, 6) is 1.42. The van der Waals surface area contributed by atoms with Gasteiger partial charge < -0.3 is 33.9 Å². The van der Waals surface area contributed by atoms with Crippen LogP contribution in [0.1, 0.15) is 69.4 Å². The highest BCUT2D eigenvalue weighted by molar-refractivity contribution is 5.59. The van der Waals surface area contributed by atoms with Crippen LogP contribution in [0.25, 0.3) is 0 Å². The highest BCUT2D eigenvalue weighted by atomic mass is 16.8. The van der Waals surface area contributed by atoms with E-state index in [1.54, 1.807) is 0 Å². The van der Waals surface area contributed by atoms with Crippen LogP contribution in [0.3, 0.4) is 0 Å². The Bertz CT molecular complexity index is 962. The zero-order chi connectivity index (χ0) is 25.6. The van der Waals surface area contributed by atoms with Crippen molar-refractivity contribution in [3.05, 3.63) is 23.3 Å². The molecule has 0 aromatic heterocycles. The Morgan fingerprint density at radius 1 is 1.16 bits per heavy atom. The minimum absolute atomic E-state index is 0.0866. The first-order chi connectivity index (χ1) is 18.0. The van der Waals surface area contributed by atoms with E-state index < -0.39 is 17.5 Å². The molecular formula is C29H43NO7. The maximum absolute atomic E-state index is 10.4. The molecule has 6 rings (SSSR count). The number of aliphatic hydroxyl groups is 2. The van der Waals surface area contributed by atoms with Crippen molar-refractivity contribution in [2.75, 3.05) is 46.1 Å². The Balaban J connectivity index is 1.45. The van der Waals surface area contributed by atoms with E-state index in [2.05, 4.69) is 30.9 Å². The number of nitrogens with zero attached hydrogens (tertiary/aromatic N) is 1. The molecule has 2 unspecified atom stereocenters. The van der Waals surface area contributed by atoms with E-state index in [1.165, 1.54) is 18.4 Å². The normalized spacial score (nSPS) is 32.0. The number of hydrogen-bond acceptors (Lipinski definition) is 8. The summed E-state index contributed by atoms with van der Waals surface area (Å²) in [5.41, 5.74) is 1.85. The predicted octanol–water partition coefficient (Wildman–Crippen LogP) is 3.01. The van der Waals surface area contributed by atoms with Gasteiger partial charge in [0.2, 0.25) is 5.79 Å². The van der Waals surface area contributed by atoms with Gasteiger partial charge in [0, 0.05) is 24.6 Å². The van der Waals surface area contributed by atoms with Crippen LogP contribution in [0.2, 0.25) is 0 Å². The van der Waals surface area contributed by atoms with Crippen molar-refractivity contribution in [2.24, 2.45) is 5.92 Å². The Labute approximate surface area is 220 Å². The fourth-order valence-electron chi connectivity index (χ4n) is 7.20. The summed E-state index contributed by atoms with van der Waals surface area (Å²) >= 11 is 0. The molecule has 1 aromatic rings. The summed E-state index contributed by atoms with van der Waals surface area (Å²) in [6, 6.07) is 4.42. The highest BCUT2D eigenvalue weighted by Gasteiger charge is 2.69. The quantitative estimate of drug-likeness (QED) is 0.409. The van der Waals surface area contributed by atoms with Gasteiger partial charge >= 0.3 is 0 Å². The van der Waals surface area contributed by atoms with Crippen molar-refractivity contribution in [3.8, 4) is 11.5 Å². The van der Waals surface area contributed by atoms with Crippen molar-refractivity contribution in [1.29, 1.82) is 0 Å². The largest absolute Gasteiger partial charge is 0.490 e. The number of likely N-dealkylation sites (N-methyl/N-ethyl adjacent to an activating group) is 1. The summed E-state index contributed by atoms with van der Waals surface area (Å²) < 4.78 is 32.5. The zero-order valence-corrected chi connectivity index (χ0v) is 22.3. The van der Waals surface area contributed by atoms with E-state index >= 15 is 0 Å². The van der Waals surface area contributed by atoms with E-state index in [9.17, 15) is 10.2 Å². The van der Waals surface area contributed by atoms with Crippen LogP contribution in [0.5, 0.6) is 11.5 Å². The molecule has 2 N–H and O–H groups in total. The lowest BCUT2D eigenvalue weighted by Crippen LogP contribution is -2.69. The average molecular weight is 518 g/mol. The van der Waals surface area contributed by atoms with Crippen molar-refractivity contribution in [2.45, 2.75) is 94.3 Å². The maximum atomic E-state index is 10.4. The second kappa shape index (κ2) is 10.3. The minimum Gasteiger partial charge on any atom is -0.490 e. The highest BCUT2D eigenvalue weighted by Crippen LogP contribution is 2.63. The molecular weight excluding hydrogens is 474 g/mol. The van der Waals surface area contributed by atoms with Crippen molar-refractivity contribution < 1.29 is 33.9 Å². The zero-order valence-electron chi connectivity index (χ0n) is 22.3. The molecule has 5 aliphatic rings. The molecule has 2 heterocycles. The molecule has 0 bridgehead atoms. The van der Waals surface area contributed by atoms with Gasteiger partial charge in [0.1, 0.15) is 6.10 Å². The number of hydrogen-bond donors (Lipinski definition) is 2. The van der Waals surface area contributed by atoms with Crippen molar-refractivity contribution in [3.63, 3.8) is 0 Å². The number of aliphatic hydroxyl groups excluding tert-OH is 2. The minimum atomic E-state index is -0.922. The van der Waals surface area contributed by atoms with Gasteiger partial charge in [0.15, 0.2) is 17.6 Å². The molecule has 1 aromatic carbocycles. The Hall–Kier alpha value is -1.42. The van der Waals surface area contributed by atoms with Gasteiger partial charge in [-0.1, -0.05) is 26.3 Å². The van der Waals surface area contributed by atoms with E-state index in [4.69, 9.17) is 23.7 Å². The van der Waals surface area contributed by atoms with Crippen LogP contribution in [0.15, 0.2) is 12.1 Å². The predicted molar refractivity (Wildman–Crippen MR) is 137 cm³/mol. The lowest BCUT2D eigenvalue weighted by atomic mass is 9.60. The van der Waals surface area contributed by atoms with Crippen molar-refractivity contribution >= 4 is 0 Å². The van der Waals surface area contributed by atoms with Gasteiger partial charge in [-0.2, -0.15) is 0 Å². The Morgan fingerprint density at radius 2 is 1.97 bits per heavy atom. The van der Waals surface area contributed by atoms with Crippen LogP contribution >= 0.6 is 0 Å². The van der Waals surface area contributed by atoms with E-state index in [-0.39, 0.29) is 31.3 Å². The fraction of sp³-hybridized carbons (Fsp3) is 0.793. The van der Waals surface area contributed by atoms with Crippen molar-refractivity contribution in [1.82, 2.24) is 4.90 Å². The molecule has 2 aliphatic heterocycles. The molecule has 8 heteroatoms. The third-order valence-corrected chi connectivity index (χ3v) is 9.23. The monoisotopic (exact) mass is 517 g/mol. The Morgan fingerprint density at radius 3 is 2.68 bits per heavy atom. The first-order valence-corrected chi connectivity index (χ1v) is 14.4. The van der Waals surface area contributed by atoms with E-state index in [1.807, 2.05) is 0 Å². The molecule has 3 fully saturated rings. The first-order valence-electron chi connectivity index (χ1n) is 14.4. The first kappa shape index (κ1) is 25.8. The molecule has 1 spiro atoms. The SMILES string of the molecule is CCCCOc1ccc2c3c1O[C@@H]1C3[C@@](OCC(O)CO)(CCC13OCCO3)[C@H](N(CC)CC1CC1)C2. The molecule has 1 saturated heterocycles. The molecule has 206 valence electrons. The average Bonchev–Trinajstić information content (AvgIpc) is 3.44. The molecule has 0 radical (unpaired) electrons. The summed E-state index contributed by atoms with van der Waals surface area (Å²) in [4.78, 5) is 2.60. The molecule has 8 nitrogen and oxygen atoms in total. The summed E-state index contributed by atoms with van der Waals surface area (Å²) in [6.45, 7) is 7.92. The summed E-state index contributed by atoms with van der Waals surface area (Å²) in [6.07, 6.45) is 5.61. The number of benzene rings is 1. The number of ether oxygens (including phenoxy) is 5. The number of fused-ring (bicyclic) bond motifs is 1. The fourth-order valence-corrected chi connectivity index (χ4v) is 7.20. The molecule has 2 saturated carbocycles. The third-order valence-electron chi connectivity index (χ3n) is 9.23. The van der Waals surface area contributed by atoms with Gasteiger partial charge in [0.05, 0.1) is 44.6 Å². The lowest BCUT2D eigenvalue weighted by molar-refractivity contribution is -0.274. The second-order valence-electron chi connectivity index (χ2n) is 11.5. The Kier molecular flexibility index (Phi) is 7.18. The standard InChI is InChI=1S/C29H43NO7/c1-3-5-12-33-22-9-8-20-15-23(30(4-2)16-19-6-7-19)28(36-18-21(32)17-31)10-11-29(34-13-14-35-29)27-25(28)24(20)26(22)37-27/h8-9,19,21,23,25,27,31-32H,3-7,10-18H2,1-2H3/t21?,23-,25?,27-,28-/m1/s1.